The summed E-state index contributed by atoms with van der Waals surface area (Å²) in [7, 11) is 0. The van der Waals surface area contributed by atoms with Crippen LogP contribution < -0.4 is 0 Å². The van der Waals surface area contributed by atoms with Crippen LogP contribution in [0.15, 0.2) is 0 Å². The van der Waals surface area contributed by atoms with E-state index in [1.54, 1.807) is 0 Å². The summed E-state index contributed by atoms with van der Waals surface area (Å²) in [5, 5.41) is 8.57. The Balaban J connectivity index is 2.14. The van der Waals surface area contributed by atoms with Gasteiger partial charge in [0.1, 0.15) is 6.10 Å². The van der Waals surface area contributed by atoms with Gasteiger partial charge in [-0.1, -0.05) is 19.8 Å². The van der Waals surface area contributed by atoms with Crippen molar-refractivity contribution in [2.75, 3.05) is 13.2 Å². The largest absolute Gasteiger partial charge is 0.481 e. The minimum absolute atomic E-state index is 0.0177. The van der Waals surface area contributed by atoms with Gasteiger partial charge in [0, 0.05) is 13.0 Å². The van der Waals surface area contributed by atoms with Crippen LogP contribution in [-0.4, -0.2) is 36.4 Å². The van der Waals surface area contributed by atoms with E-state index in [9.17, 15) is 9.59 Å². The normalized spacial score (nSPS) is 23.1. The first-order valence-electron chi connectivity index (χ1n) is 6.63. The van der Waals surface area contributed by atoms with E-state index >= 15 is 0 Å². The van der Waals surface area contributed by atoms with E-state index < -0.39 is 5.97 Å². The zero-order chi connectivity index (χ0) is 13.4. The lowest BCUT2D eigenvalue weighted by molar-refractivity contribution is -0.146. The van der Waals surface area contributed by atoms with Crippen molar-refractivity contribution >= 4 is 11.9 Å². The van der Waals surface area contributed by atoms with Crippen molar-refractivity contribution in [2.24, 2.45) is 5.92 Å². The van der Waals surface area contributed by atoms with Gasteiger partial charge in [0.25, 0.3) is 0 Å². The molecule has 104 valence electrons. The summed E-state index contributed by atoms with van der Waals surface area (Å²) >= 11 is 0. The van der Waals surface area contributed by atoms with Crippen molar-refractivity contribution in [3.05, 3.63) is 0 Å². The summed E-state index contributed by atoms with van der Waals surface area (Å²) in [6.07, 6.45) is 4.09. The fraction of sp³-hybridized carbons (Fsp3) is 0.846. The van der Waals surface area contributed by atoms with Crippen molar-refractivity contribution < 1.29 is 24.2 Å². The molecule has 1 fully saturated rings. The third-order valence-electron chi connectivity index (χ3n) is 3.07. The SMILES string of the molecule is CCCCCOCC1CC(CCC(=O)O)C(=O)O1. The Labute approximate surface area is 107 Å². The molecule has 0 aromatic heterocycles. The predicted octanol–water partition coefficient (Wildman–Crippen LogP) is 1.99. The van der Waals surface area contributed by atoms with Crippen LogP contribution in [0.1, 0.15) is 45.4 Å². The van der Waals surface area contributed by atoms with Crippen molar-refractivity contribution in [1.29, 1.82) is 0 Å². The molecule has 2 unspecified atom stereocenters. The Morgan fingerprint density at radius 2 is 2.28 bits per heavy atom. The standard InChI is InChI=1S/C13H22O5/c1-2-3-4-7-17-9-11-8-10(13(16)18-11)5-6-12(14)15/h10-11H,2-9H2,1H3,(H,14,15). The molecule has 0 radical (unpaired) electrons. The van der Waals surface area contributed by atoms with E-state index in [-0.39, 0.29) is 24.4 Å². The number of hydrogen-bond donors (Lipinski definition) is 1. The van der Waals surface area contributed by atoms with Crippen molar-refractivity contribution in [2.45, 2.75) is 51.6 Å². The highest BCUT2D eigenvalue weighted by molar-refractivity contribution is 5.75. The van der Waals surface area contributed by atoms with Gasteiger partial charge in [0.2, 0.25) is 0 Å². The first kappa shape index (κ1) is 15.0. The van der Waals surface area contributed by atoms with E-state index in [0.717, 1.165) is 19.3 Å². The van der Waals surface area contributed by atoms with Gasteiger partial charge in [-0.2, -0.15) is 0 Å². The van der Waals surface area contributed by atoms with Gasteiger partial charge in [-0.05, 0) is 19.3 Å². The first-order chi connectivity index (χ1) is 8.63. The molecular formula is C13H22O5. The minimum Gasteiger partial charge on any atom is -0.481 e. The summed E-state index contributed by atoms with van der Waals surface area (Å²) in [6, 6.07) is 0. The number of hydrogen-bond acceptors (Lipinski definition) is 4. The number of aliphatic carboxylic acids is 1. The van der Waals surface area contributed by atoms with Crippen LogP contribution in [0, 0.1) is 5.92 Å². The number of cyclic esters (lactones) is 1. The second-order valence-electron chi connectivity index (χ2n) is 4.71. The van der Waals surface area contributed by atoms with Gasteiger partial charge >= 0.3 is 11.9 Å². The van der Waals surface area contributed by atoms with Gasteiger partial charge in [-0.15, -0.1) is 0 Å². The van der Waals surface area contributed by atoms with E-state index in [1.165, 1.54) is 0 Å². The average Bonchev–Trinajstić information content (AvgIpc) is 2.67. The Hall–Kier alpha value is -1.10. The Kier molecular flexibility index (Phi) is 6.72. The van der Waals surface area contributed by atoms with Crippen LogP contribution in [0.2, 0.25) is 0 Å². The predicted molar refractivity (Wildman–Crippen MR) is 65.2 cm³/mol. The molecule has 1 aliphatic heterocycles. The maximum absolute atomic E-state index is 11.5. The molecule has 18 heavy (non-hydrogen) atoms. The molecule has 0 bridgehead atoms. The summed E-state index contributed by atoms with van der Waals surface area (Å²) in [5.41, 5.74) is 0. The number of unbranched alkanes of at least 4 members (excludes halogenated alkanes) is 2. The second kappa shape index (κ2) is 8.08. The number of esters is 1. The van der Waals surface area contributed by atoms with Crippen LogP contribution in [0.4, 0.5) is 0 Å². The fourth-order valence-electron chi connectivity index (χ4n) is 2.03. The monoisotopic (exact) mass is 258 g/mol. The molecule has 0 aliphatic carbocycles. The van der Waals surface area contributed by atoms with E-state index in [1.807, 2.05) is 0 Å². The number of carbonyl (C=O) groups is 2. The highest BCUT2D eigenvalue weighted by atomic mass is 16.6. The van der Waals surface area contributed by atoms with Crippen LogP contribution in [0.5, 0.6) is 0 Å². The first-order valence-corrected chi connectivity index (χ1v) is 6.63. The van der Waals surface area contributed by atoms with Crippen molar-refractivity contribution in [3.63, 3.8) is 0 Å². The molecule has 0 spiro atoms. The molecular weight excluding hydrogens is 236 g/mol. The van der Waals surface area contributed by atoms with Crippen LogP contribution in [0.25, 0.3) is 0 Å². The molecule has 0 amide bonds. The molecule has 5 heteroatoms. The third kappa shape index (κ3) is 5.49. The van der Waals surface area contributed by atoms with E-state index in [4.69, 9.17) is 14.6 Å². The van der Waals surface area contributed by atoms with E-state index in [2.05, 4.69) is 6.92 Å². The lowest BCUT2D eigenvalue weighted by Gasteiger charge is -2.09. The molecule has 1 rings (SSSR count). The quantitative estimate of drug-likeness (QED) is 0.506. The fourth-order valence-corrected chi connectivity index (χ4v) is 2.03. The maximum Gasteiger partial charge on any atom is 0.309 e. The molecule has 5 nitrogen and oxygen atoms in total. The number of rotatable bonds is 9. The van der Waals surface area contributed by atoms with Gasteiger partial charge < -0.3 is 14.6 Å². The summed E-state index contributed by atoms with van der Waals surface area (Å²) in [5.74, 6) is -1.43. The van der Waals surface area contributed by atoms with Crippen molar-refractivity contribution in [1.82, 2.24) is 0 Å². The number of ether oxygens (including phenoxy) is 2. The Bertz CT molecular complexity index is 277. The van der Waals surface area contributed by atoms with E-state index in [0.29, 0.717) is 26.1 Å². The lowest BCUT2D eigenvalue weighted by Crippen LogP contribution is -2.15. The molecule has 1 heterocycles. The van der Waals surface area contributed by atoms with Crippen molar-refractivity contribution in [3.8, 4) is 0 Å². The van der Waals surface area contributed by atoms with Gasteiger partial charge in [-0.25, -0.2) is 0 Å². The summed E-state index contributed by atoms with van der Waals surface area (Å²) < 4.78 is 10.6. The van der Waals surface area contributed by atoms with Crippen LogP contribution in [0.3, 0.4) is 0 Å². The highest BCUT2D eigenvalue weighted by Crippen LogP contribution is 2.25. The second-order valence-corrected chi connectivity index (χ2v) is 4.71. The molecule has 1 saturated heterocycles. The van der Waals surface area contributed by atoms with Gasteiger partial charge in [0.05, 0.1) is 12.5 Å². The Morgan fingerprint density at radius 1 is 1.50 bits per heavy atom. The number of carboxylic acid groups (broad SMARTS) is 1. The number of carbonyl (C=O) groups excluding carboxylic acids is 1. The molecule has 1 N–H and O–H groups in total. The summed E-state index contributed by atoms with van der Waals surface area (Å²) in [6.45, 7) is 3.26. The average molecular weight is 258 g/mol. The molecule has 2 atom stereocenters. The molecule has 1 aliphatic rings. The minimum atomic E-state index is -0.873. The molecule has 0 saturated carbocycles. The lowest BCUT2D eigenvalue weighted by atomic mass is 9.99. The third-order valence-corrected chi connectivity index (χ3v) is 3.07. The highest BCUT2D eigenvalue weighted by Gasteiger charge is 2.34. The zero-order valence-electron chi connectivity index (χ0n) is 10.9. The topological polar surface area (TPSA) is 72.8 Å². The maximum atomic E-state index is 11.5. The van der Waals surface area contributed by atoms with Crippen LogP contribution in [-0.2, 0) is 19.1 Å². The Morgan fingerprint density at radius 3 is 2.94 bits per heavy atom. The zero-order valence-corrected chi connectivity index (χ0v) is 10.9. The van der Waals surface area contributed by atoms with Gasteiger partial charge in [0.15, 0.2) is 0 Å². The van der Waals surface area contributed by atoms with Crippen LogP contribution >= 0.6 is 0 Å². The molecule has 0 aromatic carbocycles. The number of carboxylic acids is 1. The van der Waals surface area contributed by atoms with Gasteiger partial charge in [-0.3, -0.25) is 9.59 Å². The summed E-state index contributed by atoms with van der Waals surface area (Å²) in [4.78, 5) is 21.9. The molecule has 0 aromatic rings. The smallest absolute Gasteiger partial charge is 0.309 e.